The standard InChI is InChI=1S/C22H31NO7S/c1-12(2)19(24)28-16-11-31-22(27-15-8-7-9-23-10-15)18(30-21(26)14(5)6)17(16)29-20(25)13(3)4/h7-10,12-14,16-18,22H,11H2,1-6H3/t16-,17+,18-,22-/m1/s1. The van der Waals surface area contributed by atoms with Crippen molar-refractivity contribution < 1.29 is 33.3 Å². The van der Waals surface area contributed by atoms with Gasteiger partial charge in [-0.1, -0.05) is 41.5 Å². The van der Waals surface area contributed by atoms with Crippen molar-refractivity contribution in [3.63, 3.8) is 0 Å². The Balaban J connectivity index is 2.36. The Hall–Kier alpha value is -2.29. The van der Waals surface area contributed by atoms with Crippen LogP contribution in [0.5, 0.6) is 5.75 Å². The van der Waals surface area contributed by atoms with Crippen molar-refractivity contribution in [2.45, 2.75) is 65.3 Å². The minimum absolute atomic E-state index is 0.315. The molecule has 172 valence electrons. The maximum Gasteiger partial charge on any atom is 0.308 e. The largest absolute Gasteiger partial charge is 0.474 e. The van der Waals surface area contributed by atoms with Gasteiger partial charge in [0.1, 0.15) is 5.75 Å². The lowest BCUT2D eigenvalue weighted by molar-refractivity contribution is -0.193. The number of pyridine rings is 1. The van der Waals surface area contributed by atoms with E-state index in [-0.39, 0.29) is 5.92 Å². The molecule has 0 N–H and O–H groups in total. The number of rotatable bonds is 8. The second-order valence-corrected chi connectivity index (χ2v) is 9.38. The third-order valence-electron chi connectivity index (χ3n) is 4.46. The molecule has 2 rings (SSSR count). The average Bonchev–Trinajstić information content (AvgIpc) is 2.72. The van der Waals surface area contributed by atoms with E-state index < -0.39 is 53.5 Å². The third kappa shape index (κ3) is 7.12. The van der Waals surface area contributed by atoms with Gasteiger partial charge in [0.25, 0.3) is 0 Å². The van der Waals surface area contributed by atoms with E-state index in [2.05, 4.69) is 4.98 Å². The lowest BCUT2D eigenvalue weighted by Crippen LogP contribution is -2.56. The van der Waals surface area contributed by atoms with Crippen LogP contribution in [0.2, 0.25) is 0 Å². The fourth-order valence-electron chi connectivity index (χ4n) is 2.59. The molecular weight excluding hydrogens is 422 g/mol. The van der Waals surface area contributed by atoms with Gasteiger partial charge in [-0.25, -0.2) is 0 Å². The van der Waals surface area contributed by atoms with Gasteiger partial charge in [0.2, 0.25) is 0 Å². The van der Waals surface area contributed by atoms with Crippen molar-refractivity contribution in [3.8, 4) is 5.75 Å². The summed E-state index contributed by atoms with van der Waals surface area (Å²) in [5.41, 5.74) is -0.675. The molecule has 0 aromatic carbocycles. The van der Waals surface area contributed by atoms with Crippen LogP contribution < -0.4 is 4.74 Å². The molecule has 2 heterocycles. The molecule has 1 fully saturated rings. The number of hydrogen-bond acceptors (Lipinski definition) is 9. The maximum atomic E-state index is 12.5. The number of esters is 3. The van der Waals surface area contributed by atoms with Crippen LogP contribution in [0.1, 0.15) is 41.5 Å². The maximum absolute atomic E-state index is 12.5. The van der Waals surface area contributed by atoms with Crippen LogP contribution in [0.25, 0.3) is 0 Å². The zero-order valence-electron chi connectivity index (χ0n) is 18.8. The van der Waals surface area contributed by atoms with Crippen molar-refractivity contribution in [1.82, 2.24) is 4.98 Å². The predicted molar refractivity (Wildman–Crippen MR) is 115 cm³/mol. The minimum atomic E-state index is -0.997. The normalized spacial score (nSPS) is 23.5. The summed E-state index contributed by atoms with van der Waals surface area (Å²) in [7, 11) is 0. The summed E-state index contributed by atoms with van der Waals surface area (Å²) in [6.45, 7) is 10.3. The van der Waals surface area contributed by atoms with Crippen molar-refractivity contribution in [2.75, 3.05) is 5.75 Å². The lowest BCUT2D eigenvalue weighted by Gasteiger charge is -2.40. The minimum Gasteiger partial charge on any atom is -0.474 e. The molecule has 0 bridgehead atoms. The Kier molecular flexibility index (Phi) is 9.15. The number of hydrogen-bond donors (Lipinski definition) is 0. The quantitative estimate of drug-likeness (QED) is 0.434. The van der Waals surface area contributed by atoms with Crippen molar-refractivity contribution in [3.05, 3.63) is 24.5 Å². The first kappa shape index (κ1) is 25.0. The van der Waals surface area contributed by atoms with E-state index in [0.717, 1.165) is 0 Å². The zero-order valence-corrected chi connectivity index (χ0v) is 19.6. The molecule has 8 nitrogen and oxygen atoms in total. The molecule has 1 saturated heterocycles. The Morgan fingerprint density at radius 3 is 1.97 bits per heavy atom. The predicted octanol–water partition coefficient (Wildman–Crippen LogP) is 3.24. The summed E-state index contributed by atoms with van der Waals surface area (Å²) in [5.74, 6) is -1.73. The highest BCUT2D eigenvalue weighted by molar-refractivity contribution is 7.99. The first-order valence-electron chi connectivity index (χ1n) is 10.4. The Morgan fingerprint density at radius 1 is 0.903 bits per heavy atom. The molecule has 0 amide bonds. The summed E-state index contributed by atoms with van der Waals surface area (Å²) < 4.78 is 23.1. The molecule has 0 unspecified atom stereocenters. The summed E-state index contributed by atoms with van der Waals surface area (Å²) >= 11 is 1.33. The first-order chi connectivity index (χ1) is 14.6. The van der Waals surface area contributed by atoms with Gasteiger partial charge in [-0.3, -0.25) is 19.4 Å². The van der Waals surface area contributed by atoms with Gasteiger partial charge in [0, 0.05) is 11.9 Å². The van der Waals surface area contributed by atoms with E-state index in [9.17, 15) is 14.4 Å². The Labute approximate surface area is 187 Å². The van der Waals surface area contributed by atoms with Crippen LogP contribution in [0, 0.1) is 17.8 Å². The number of aromatic nitrogens is 1. The van der Waals surface area contributed by atoms with Gasteiger partial charge in [0.05, 0.1) is 24.0 Å². The van der Waals surface area contributed by atoms with Gasteiger partial charge in [-0.15, -0.1) is 11.8 Å². The summed E-state index contributed by atoms with van der Waals surface area (Å²) in [6.07, 6.45) is 0.416. The number of carbonyl (C=O) groups excluding carboxylic acids is 3. The van der Waals surface area contributed by atoms with E-state index in [1.807, 2.05) is 0 Å². The smallest absolute Gasteiger partial charge is 0.308 e. The highest BCUT2D eigenvalue weighted by atomic mass is 32.2. The van der Waals surface area contributed by atoms with E-state index in [0.29, 0.717) is 11.5 Å². The Morgan fingerprint density at radius 2 is 1.45 bits per heavy atom. The molecule has 0 spiro atoms. The molecule has 31 heavy (non-hydrogen) atoms. The molecule has 9 heteroatoms. The summed E-state index contributed by atoms with van der Waals surface area (Å²) in [4.78, 5) is 41.2. The Bertz CT molecular complexity index is 753. The third-order valence-corrected chi connectivity index (χ3v) is 5.67. The number of nitrogens with zero attached hydrogens (tertiary/aromatic N) is 1. The van der Waals surface area contributed by atoms with Gasteiger partial charge in [0.15, 0.2) is 23.7 Å². The molecule has 1 aliphatic heterocycles. The molecular formula is C22H31NO7S. The summed E-state index contributed by atoms with van der Waals surface area (Å²) in [6, 6.07) is 3.45. The van der Waals surface area contributed by atoms with Gasteiger partial charge < -0.3 is 18.9 Å². The molecule has 1 aliphatic rings. The van der Waals surface area contributed by atoms with Crippen LogP contribution in [0.15, 0.2) is 24.5 Å². The van der Waals surface area contributed by atoms with Crippen molar-refractivity contribution in [1.29, 1.82) is 0 Å². The van der Waals surface area contributed by atoms with E-state index in [4.69, 9.17) is 18.9 Å². The van der Waals surface area contributed by atoms with Crippen LogP contribution in [-0.2, 0) is 28.6 Å². The highest BCUT2D eigenvalue weighted by Gasteiger charge is 2.49. The monoisotopic (exact) mass is 453 g/mol. The fraction of sp³-hybridized carbons (Fsp3) is 0.636. The second kappa shape index (κ2) is 11.4. The zero-order chi connectivity index (χ0) is 23.1. The lowest BCUT2D eigenvalue weighted by atomic mass is 10.1. The van der Waals surface area contributed by atoms with E-state index >= 15 is 0 Å². The number of thioether (sulfide) groups is 1. The second-order valence-electron chi connectivity index (χ2n) is 8.25. The molecule has 0 saturated carbocycles. The van der Waals surface area contributed by atoms with E-state index in [1.165, 1.54) is 11.8 Å². The number of ether oxygens (including phenoxy) is 4. The summed E-state index contributed by atoms with van der Waals surface area (Å²) in [5, 5.41) is 0. The molecule has 1 aromatic heterocycles. The van der Waals surface area contributed by atoms with Crippen molar-refractivity contribution in [2.24, 2.45) is 17.8 Å². The SMILES string of the molecule is CC(C)C(=O)O[C@@H]1[C@@H](OC(=O)C(C)C)[C@H](OC(=O)C(C)C)CS[C@H]1Oc1cccnc1. The molecule has 4 atom stereocenters. The van der Waals surface area contributed by atoms with Gasteiger partial charge in [-0.05, 0) is 12.1 Å². The van der Waals surface area contributed by atoms with Crippen LogP contribution in [-0.4, -0.2) is 52.4 Å². The average molecular weight is 454 g/mol. The topological polar surface area (TPSA) is 101 Å². The van der Waals surface area contributed by atoms with Gasteiger partial charge >= 0.3 is 17.9 Å². The van der Waals surface area contributed by atoms with Crippen LogP contribution in [0.3, 0.4) is 0 Å². The fourth-order valence-corrected chi connectivity index (χ4v) is 3.81. The highest BCUT2D eigenvalue weighted by Crippen LogP contribution is 2.35. The van der Waals surface area contributed by atoms with Crippen molar-refractivity contribution >= 4 is 29.7 Å². The van der Waals surface area contributed by atoms with Crippen LogP contribution >= 0.6 is 11.8 Å². The first-order valence-corrected chi connectivity index (χ1v) is 11.4. The number of carbonyl (C=O) groups is 3. The van der Waals surface area contributed by atoms with Crippen LogP contribution in [0.4, 0.5) is 0 Å². The molecule has 0 aliphatic carbocycles. The van der Waals surface area contributed by atoms with Gasteiger partial charge in [-0.2, -0.15) is 0 Å². The molecule has 1 aromatic rings. The molecule has 0 radical (unpaired) electrons. The van der Waals surface area contributed by atoms with E-state index in [1.54, 1.807) is 66.1 Å².